The largest absolute Gasteiger partial charge is 0.462 e. The maximum absolute atomic E-state index is 12.3. The SMILES string of the molecule is CC/C=C\C/C=C\C/C=C\C/C=C\C/C=C\C/C=C\C/C=C\C/C=C\C/C=C\CCCCCCCCCCCCCC(=O)OC(CO)COC(=O)CCCCCCC/C=C\C/C=C\CCCCC. The summed E-state index contributed by atoms with van der Waals surface area (Å²) in [5.74, 6) is -0.616. The average Bonchev–Trinajstić information content (AvgIpc) is 3.34. The highest BCUT2D eigenvalue weighted by Gasteiger charge is 2.16. The van der Waals surface area contributed by atoms with Crippen LogP contribution in [0.5, 0.6) is 0 Å². The van der Waals surface area contributed by atoms with E-state index < -0.39 is 6.10 Å². The minimum absolute atomic E-state index is 0.0804. The second-order valence-corrected chi connectivity index (χ2v) is 17.9. The van der Waals surface area contributed by atoms with Crippen LogP contribution in [0.15, 0.2) is 134 Å². The Morgan fingerprint density at radius 2 is 0.632 bits per heavy atom. The van der Waals surface area contributed by atoms with Gasteiger partial charge >= 0.3 is 11.9 Å². The topological polar surface area (TPSA) is 72.8 Å². The van der Waals surface area contributed by atoms with E-state index in [9.17, 15) is 14.7 Å². The smallest absolute Gasteiger partial charge is 0.306 e. The van der Waals surface area contributed by atoms with Crippen LogP contribution < -0.4 is 0 Å². The van der Waals surface area contributed by atoms with Crippen molar-refractivity contribution in [2.45, 2.75) is 238 Å². The number of ether oxygens (including phenoxy) is 2. The molecule has 0 rings (SSSR count). The summed E-state index contributed by atoms with van der Waals surface area (Å²) in [5, 5.41) is 9.62. The molecule has 0 saturated heterocycles. The highest BCUT2D eigenvalue weighted by Crippen LogP contribution is 2.14. The first-order chi connectivity index (χ1) is 33.6. The lowest BCUT2D eigenvalue weighted by Crippen LogP contribution is -2.28. The molecule has 0 aliphatic heterocycles. The third kappa shape index (κ3) is 54.6. The molecular formula is C63H102O5. The van der Waals surface area contributed by atoms with Crippen molar-refractivity contribution in [1.82, 2.24) is 0 Å². The number of hydrogen-bond acceptors (Lipinski definition) is 5. The lowest BCUT2D eigenvalue weighted by molar-refractivity contribution is -0.161. The first-order valence-corrected chi connectivity index (χ1v) is 27.7. The zero-order valence-electron chi connectivity index (χ0n) is 43.8. The molecule has 5 heteroatoms. The van der Waals surface area contributed by atoms with Crippen LogP contribution in [0.25, 0.3) is 0 Å². The first-order valence-electron chi connectivity index (χ1n) is 27.7. The molecule has 0 radical (unpaired) electrons. The molecule has 0 saturated carbocycles. The molecule has 0 fully saturated rings. The Kier molecular flexibility index (Phi) is 54.0. The predicted molar refractivity (Wildman–Crippen MR) is 297 cm³/mol. The van der Waals surface area contributed by atoms with Gasteiger partial charge in [0.25, 0.3) is 0 Å². The first kappa shape index (κ1) is 64.0. The van der Waals surface area contributed by atoms with Crippen LogP contribution >= 0.6 is 0 Å². The predicted octanol–water partition coefficient (Wildman–Crippen LogP) is 18.9. The maximum Gasteiger partial charge on any atom is 0.306 e. The number of carbonyl (C=O) groups excluding carboxylic acids is 2. The molecule has 1 N–H and O–H groups in total. The molecule has 5 nitrogen and oxygen atoms in total. The fourth-order valence-electron chi connectivity index (χ4n) is 7.28. The van der Waals surface area contributed by atoms with E-state index in [1.165, 1.54) is 96.3 Å². The molecule has 0 spiro atoms. The van der Waals surface area contributed by atoms with Gasteiger partial charge in [-0.25, -0.2) is 0 Å². The van der Waals surface area contributed by atoms with Gasteiger partial charge in [0.05, 0.1) is 6.61 Å². The Morgan fingerprint density at radius 3 is 0.956 bits per heavy atom. The summed E-state index contributed by atoms with van der Waals surface area (Å²) in [4.78, 5) is 24.4. The van der Waals surface area contributed by atoms with Crippen LogP contribution in [0, 0.1) is 0 Å². The van der Waals surface area contributed by atoms with Crippen molar-refractivity contribution >= 4 is 11.9 Å². The van der Waals surface area contributed by atoms with Gasteiger partial charge in [-0.3, -0.25) is 9.59 Å². The van der Waals surface area contributed by atoms with E-state index in [1.54, 1.807) is 0 Å². The summed E-state index contributed by atoms with van der Waals surface area (Å²) < 4.78 is 10.7. The van der Waals surface area contributed by atoms with E-state index in [-0.39, 0.29) is 25.2 Å². The quantitative estimate of drug-likeness (QED) is 0.0374. The second-order valence-electron chi connectivity index (χ2n) is 17.9. The van der Waals surface area contributed by atoms with Crippen molar-refractivity contribution in [3.8, 4) is 0 Å². The third-order valence-corrected chi connectivity index (χ3v) is 11.4. The van der Waals surface area contributed by atoms with Gasteiger partial charge in [-0.15, -0.1) is 0 Å². The summed E-state index contributed by atoms with van der Waals surface area (Å²) in [6, 6.07) is 0. The summed E-state index contributed by atoms with van der Waals surface area (Å²) in [7, 11) is 0. The lowest BCUT2D eigenvalue weighted by atomic mass is 10.0. The molecule has 0 aromatic heterocycles. The Bertz CT molecular complexity index is 1430. The number of unbranched alkanes of at least 4 members (excludes halogenated alkanes) is 19. The zero-order chi connectivity index (χ0) is 49.2. The Morgan fingerprint density at radius 1 is 0.353 bits per heavy atom. The highest BCUT2D eigenvalue weighted by molar-refractivity contribution is 5.70. The zero-order valence-corrected chi connectivity index (χ0v) is 43.8. The van der Waals surface area contributed by atoms with Crippen LogP contribution in [-0.4, -0.2) is 36.4 Å². The monoisotopic (exact) mass is 939 g/mol. The van der Waals surface area contributed by atoms with E-state index in [0.717, 1.165) is 109 Å². The average molecular weight is 940 g/mol. The normalized spacial score (nSPS) is 13.3. The van der Waals surface area contributed by atoms with Gasteiger partial charge < -0.3 is 14.6 Å². The van der Waals surface area contributed by atoms with E-state index >= 15 is 0 Å². The Hall–Kier alpha value is -3.96. The maximum atomic E-state index is 12.3. The molecule has 0 heterocycles. The van der Waals surface area contributed by atoms with Crippen molar-refractivity contribution in [3.05, 3.63) is 134 Å². The molecule has 0 aromatic carbocycles. The van der Waals surface area contributed by atoms with Gasteiger partial charge in [-0.1, -0.05) is 237 Å². The Labute approximate surface area is 419 Å². The number of aliphatic hydroxyl groups is 1. The second kappa shape index (κ2) is 57.4. The summed E-state index contributed by atoms with van der Waals surface area (Å²) in [6.45, 7) is 3.98. The summed E-state index contributed by atoms with van der Waals surface area (Å²) in [5.41, 5.74) is 0. The number of aliphatic hydroxyl groups excluding tert-OH is 1. The number of allylic oxidation sites excluding steroid dienone is 22. The van der Waals surface area contributed by atoms with Crippen LogP contribution in [-0.2, 0) is 19.1 Å². The van der Waals surface area contributed by atoms with Gasteiger partial charge in [0.1, 0.15) is 6.61 Å². The molecule has 1 atom stereocenters. The van der Waals surface area contributed by atoms with Crippen molar-refractivity contribution < 1.29 is 24.2 Å². The van der Waals surface area contributed by atoms with E-state index in [0.29, 0.717) is 12.8 Å². The molecule has 0 bridgehead atoms. The van der Waals surface area contributed by atoms with Crippen molar-refractivity contribution in [2.75, 3.05) is 13.2 Å². The fraction of sp³-hybridized carbons (Fsp3) is 0.619. The van der Waals surface area contributed by atoms with E-state index in [4.69, 9.17) is 9.47 Å². The molecule has 68 heavy (non-hydrogen) atoms. The highest BCUT2D eigenvalue weighted by atomic mass is 16.6. The van der Waals surface area contributed by atoms with Crippen LogP contribution in [0.4, 0.5) is 0 Å². The standard InChI is InChI=1S/C63H102O5/c1-3-5-7-9-11-13-15-17-19-20-21-22-23-24-25-26-27-28-29-30-31-32-33-34-35-36-37-38-39-40-41-42-44-46-48-50-52-54-56-58-63(66)68-61(59-64)60-67-62(65)57-55-53-51-49-47-45-43-18-16-14-12-10-8-6-4-2/h5,7,11-14,17-19,21-22,24-25,27-28,30-31,33-34,36-37,43,61,64H,3-4,6,8-10,15-16,20,23,26,29,32,35,38-42,44-60H2,1-2H3/b7-5-,13-11-,14-12-,19-17-,22-21-,25-24-,28-27-,31-30-,34-33-,37-36-,43-18-. The van der Waals surface area contributed by atoms with Crippen molar-refractivity contribution in [3.63, 3.8) is 0 Å². The molecule has 0 aliphatic carbocycles. The Balaban J connectivity index is 3.58. The number of rotatable bonds is 49. The van der Waals surface area contributed by atoms with Crippen LogP contribution in [0.1, 0.15) is 232 Å². The minimum atomic E-state index is -0.787. The molecule has 0 amide bonds. The number of esters is 2. The van der Waals surface area contributed by atoms with Gasteiger partial charge in [-0.05, 0) is 116 Å². The third-order valence-electron chi connectivity index (χ3n) is 11.4. The van der Waals surface area contributed by atoms with Gasteiger partial charge in [-0.2, -0.15) is 0 Å². The molecular weight excluding hydrogens is 837 g/mol. The molecule has 0 aromatic rings. The van der Waals surface area contributed by atoms with E-state index in [1.807, 2.05) is 0 Å². The number of hydrogen-bond donors (Lipinski definition) is 1. The summed E-state index contributed by atoms with van der Waals surface area (Å²) >= 11 is 0. The van der Waals surface area contributed by atoms with Gasteiger partial charge in [0.15, 0.2) is 6.10 Å². The van der Waals surface area contributed by atoms with Crippen molar-refractivity contribution in [2.24, 2.45) is 0 Å². The minimum Gasteiger partial charge on any atom is -0.462 e. The number of carbonyl (C=O) groups is 2. The van der Waals surface area contributed by atoms with Crippen LogP contribution in [0.2, 0.25) is 0 Å². The molecule has 384 valence electrons. The van der Waals surface area contributed by atoms with E-state index in [2.05, 4.69) is 148 Å². The fourth-order valence-corrected chi connectivity index (χ4v) is 7.28. The van der Waals surface area contributed by atoms with Gasteiger partial charge in [0.2, 0.25) is 0 Å². The molecule has 1 unspecified atom stereocenters. The summed E-state index contributed by atoms with van der Waals surface area (Å²) in [6.07, 6.45) is 85.6. The lowest BCUT2D eigenvalue weighted by Gasteiger charge is -2.15. The molecule has 0 aliphatic rings. The van der Waals surface area contributed by atoms with Crippen molar-refractivity contribution in [1.29, 1.82) is 0 Å². The van der Waals surface area contributed by atoms with Crippen LogP contribution in [0.3, 0.4) is 0 Å². The van der Waals surface area contributed by atoms with Gasteiger partial charge in [0, 0.05) is 12.8 Å².